The minimum absolute atomic E-state index is 0.214. The molecule has 0 aliphatic heterocycles. The smallest absolute Gasteiger partial charge is 0.136 e. The summed E-state index contributed by atoms with van der Waals surface area (Å²) in [6, 6.07) is 7.88. The SMILES string of the molecule is CNc1ccc(-c2c(F)cc(F)cc2F)cc1. The fourth-order valence-corrected chi connectivity index (χ4v) is 1.62. The third-order valence-corrected chi connectivity index (χ3v) is 2.47. The molecule has 0 fully saturated rings. The van der Waals surface area contributed by atoms with Gasteiger partial charge >= 0.3 is 0 Å². The fourth-order valence-electron chi connectivity index (χ4n) is 1.62. The quantitative estimate of drug-likeness (QED) is 0.837. The Morgan fingerprint density at radius 1 is 0.882 bits per heavy atom. The van der Waals surface area contributed by atoms with E-state index in [1.807, 2.05) is 0 Å². The van der Waals surface area contributed by atoms with Gasteiger partial charge in [0.05, 0.1) is 5.56 Å². The monoisotopic (exact) mass is 237 g/mol. The molecule has 1 N–H and O–H groups in total. The number of hydrogen-bond acceptors (Lipinski definition) is 1. The summed E-state index contributed by atoms with van der Waals surface area (Å²) < 4.78 is 39.7. The number of benzene rings is 2. The molecule has 0 saturated carbocycles. The highest BCUT2D eigenvalue weighted by atomic mass is 19.1. The van der Waals surface area contributed by atoms with Gasteiger partial charge in [-0.1, -0.05) is 12.1 Å². The van der Waals surface area contributed by atoms with Crippen molar-refractivity contribution in [2.45, 2.75) is 0 Å². The van der Waals surface area contributed by atoms with Crippen LogP contribution >= 0.6 is 0 Å². The number of nitrogens with one attached hydrogen (secondary N) is 1. The predicted octanol–water partition coefficient (Wildman–Crippen LogP) is 3.81. The van der Waals surface area contributed by atoms with Crippen molar-refractivity contribution in [1.82, 2.24) is 0 Å². The molecular weight excluding hydrogens is 227 g/mol. The summed E-state index contributed by atoms with van der Waals surface area (Å²) in [5, 5.41) is 2.90. The van der Waals surface area contributed by atoms with E-state index in [4.69, 9.17) is 0 Å². The van der Waals surface area contributed by atoms with Gasteiger partial charge in [0, 0.05) is 24.9 Å². The molecular formula is C13H10F3N. The van der Waals surface area contributed by atoms with Crippen molar-refractivity contribution < 1.29 is 13.2 Å². The van der Waals surface area contributed by atoms with Crippen LogP contribution in [0.25, 0.3) is 11.1 Å². The molecule has 0 atom stereocenters. The molecule has 0 bridgehead atoms. The molecule has 0 unspecified atom stereocenters. The predicted molar refractivity (Wildman–Crippen MR) is 61.3 cm³/mol. The van der Waals surface area contributed by atoms with Gasteiger partial charge in [0.15, 0.2) is 0 Å². The molecule has 0 radical (unpaired) electrons. The summed E-state index contributed by atoms with van der Waals surface area (Å²) in [5.74, 6) is -2.73. The summed E-state index contributed by atoms with van der Waals surface area (Å²) in [4.78, 5) is 0. The summed E-state index contributed by atoms with van der Waals surface area (Å²) in [5.41, 5.74) is 0.990. The normalized spacial score (nSPS) is 10.4. The Labute approximate surface area is 96.9 Å². The summed E-state index contributed by atoms with van der Waals surface area (Å²) in [6.07, 6.45) is 0. The molecule has 2 aromatic rings. The Balaban J connectivity index is 2.52. The molecule has 0 aromatic heterocycles. The van der Waals surface area contributed by atoms with Gasteiger partial charge in [-0.3, -0.25) is 0 Å². The lowest BCUT2D eigenvalue weighted by atomic mass is 10.0. The average Bonchev–Trinajstić information content (AvgIpc) is 2.28. The molecule has 0 spiro atoms. The molecule has 0 aliphatic carbocycles. The number of hydrogen-bond donors (Lipinski definition) is 1. The van der Waals surface area contributed by atoms with Crippen LogP contribution in [-0.4, -0.2) is 7.05 Å². The van der Waals surface area contributed by atoms with Crippen LogP contribution in [0, 0.1) is 17.5 Å². The maximum atomic E-state index is 13.5. The van der Waals surface area contributed by atoms with Crippen LogP contribution in [0.4, 0.5) is 18.9 Å². The second-order valence-corrected chi connectivity index (χ2v) is 3.57. The lowest BCUT2D eigenvalue weighted by Gasteiger charge is -2.06. The lowest BCUT2D eigenvalue weighted by molar-refractivity contribution is 0.548. The van der Waals surface area contributed by atoms with Gasteiger partial charge in [-0.25, -0.2) is 13.2 Å². The highest BCUT2D eigenvalue weighted by molar-refractivity contribution is 5.67. The Morgan fingerprint density at radius 2 is 1.41 bits per heavy atom. The Kier molecular flexibility index (Phi) is 3.04. The van der Waals surface area contributed by atoms with Crippen molar-refractivity contribution in [3.05, 3.63) is 53.8 Å². The first-order valence-electron chi connectivity index (χ1n) is 5.04. The van der Waals surface area contributed by atoms with E-state index in [-0.39, 0.29) is 5.56 Å². The van der Waals surface area contributed by atoms with E-state index >= 15 is 0 Å². The molecule has 88 valence electrons. The summed E-state index contributed by atoms with van der Waals surface area (Å²) in [7, 11) is 1.74. The van der Waals surface area contributed by atoms with Crippen molar-refractivity contribution in [2.75, 3.05) is 12.4 Å². The molecule has 0 heterocycles. The number of anilines is 1. The second-order valence-electron chi connectivity index (χ2n) is 3.57. The Morgan fingerprint density at radius 3 is 1.88 bits per heavy atom. The fraction of sp³-hybridized carbons (Fsp3) is 0.0769. The minimum atomic E-state index is -0.921. The highest BCUT2D eigenvalue weighted by Gasteiger charge is 2.13. The second kappa shape index (κ2) is 4.49. The van der Waals surface area contributed by atoms with E-state index in [1.165, 1.54) is 0 Å². The largest absolute Gasteiger partial charge is 0.388 e. The maximum Gasteiger partial charge on any atom is 0.136 e. The van der Waals surface area contributed by atoms with Gasteiger partial charge in [0.2, 0.25) is 0 Å². The highest BCUT2D eigenvalue weighted by Crippen LogP contribution is 2.27. The van der Waals surface area contributed by atoms with E-state index in [0.29, 0.717) is 17.7 Å². The van der Waals surface area contributed by atoms with Crippen molar-refractivity contribution in [1.29, 1.82) is 0 Å². The van der Waals surface area contributed by atoms with Crippen LogP contribution in [0.1, 0.15) is 0 Å². The zero-order chi connectivity index (χ0) is 12.4. The van der Waals surface area contributed by atoms with Gasteiger partial charge in [0.1, 0.15) is 17.5 Å². The molecule has 0 aliphatic rings. The van der Waals surface area contributed by atoms with E-state index < -0.39 is 17.5 Å². The Bertz CT molecular complexity index is 512. The minimum Gasteiger partial charge on any atom is -0.388 e. The molecule has 17 heavy (non-hydrogen) atoms. The van der Waals surface area contributed by atoms with E-state index in [9.17, 15) is 13.2 Å². The molecule has 0 saturated heterocycles. The van der Waals surface area contributed by atoms with Crippen LogP contribution in [0.15, 0.2) is 36.4 Å². The van der Waals surface area contributed by atoms with E-state index in [1.54, 1.807) is 31.3 Å². The van der Waals surface area contributed by atoms with Crippen molar-refractivity contribution in [2.24, 2.45) is 0 Å². The van der Waals surface area contributed by atoms with Gasteiger partial charge in [-0.2, -0.15) is 0 Å². The third kappa shape index (κ3) is 2.25. The molecule has 4 heteroatoms. The Hall–Kier alpha value is -1.97. The first-order valence-corrected chi connectivity index (χ1v) is 5.04. The third-order valence-electron chi connectivity index (χ3n) is 2.47. The van der Waals surface area contributed by atoms with Crippen LogP contribution in [0.3, 0.4) is 0 Å². The number of halogens is 3. The van der Waals surface area contributed by atoms with Crippen LogP contribution in [0.5, 0.6) is 0 Å². The summed E-state index contributed by atoms with van der Waals surface area (Å²) in [6.45, 7) is 0. The zero-order valence-electron chi connectivity index (χ0n) is 9.10. The van der Waals surface area contributed by atoms with Crippen molar-refractivity contribution in [3.8, 4) is 11.1 Å². The maximum absolute atomic E-state index is 13.5. The molecule has 2 aromatic carbocycles. The lowest BCUT2D eigenvalue weighted by Crippen LogP contribution is -1.93. The van der Waals surface area contributed by atoms with Crippen LogP contribution in [0.2, 0.25) is 0 Å². The van der Waals surface area contributed by atoms with Crippen molar-refractivity contribution in [3.63, 3.8) is 0 Å². The number of rotatable bonds is 2. The average molecular weight is 237 g/mol. The van der Waals surface area contributed by atoms with Crippen molar-refractivity contribution >= 4 is 5.69 Å². The topological polar surface area (TPSA) is 12.0 Å². The van der Waals surface area contributed by atoms with Gasteiger partial charge in [0.25, 0.3) is 0 Å². The van der Waals surface area contributed by atoms with Gasteiger partial charge < -0.3 is 5.32 Å². The summed E-state index contributed by atoms with van der Waals surface area (Å²) >= 11 is 0. The molecule has 1 nitrogen and oxygen atoms in total. The van der Waals surface area contributed by atoms with Gasteiger partial charge in [-0.15, -0.1) is 0 Å². The molecule has 2 rings (SSSR count). The first-order chi connectivity index (χ1) is 8.11. The molecule has 0 amide bonds. The van der Waals surface area contributed by atoms with E-state index in [0.717, 1.165) is 5.69 Å². The van der Waals surface area contributed by atoms with Gasteiger partial charge in [-0.05, 0) is 17.7 Å². The first kappa shape index (κ1) is 11.5. The van der Waals surface area contributed by atoms with Crippen LogP contribution in [-0.2, 0) is 0 Å². The standard InChI is InChI=1S/C13H10F3N/c1-17-10-4-2-8(3-5-10)13-11(15)6-9(14)7-12(13)16/h2-7,17H,1H3. The zero-order valence-corrected chi connectivity index (χ0v) is 9.10. The van der Waals surface area contributed by atoms with Crippen LogP contribution < -0.4 is 5.32 Å². The van der Waals surface area contributed by atoms with E-state index in [2.05, 4.69) is 5.32 Å².